The second kappa shape index (κ2) is 1.99. The van der Waals surface area contributed by atoms with Gasteiger partial charge in [-0.15, -0.1) is 0 Å². The summed E-state index contributed by atoms with van der Waals surface area (Å²) in [5.74, 6) is 2.27. The van der Waals surface area contributed by atoms with Gasteiger partial charge in [0.2, 0.25) is 0 Å². The fraction of sp³-hybridized carbons (Fsp3) is 1.00. The molecule has 0 saturated heterocycles. The summed E-state index contributed by atoms with van der Waals surface area (Å²) in [7, 11) is 0. The largest absolute Gasteiger partial charge is 0.0651 e. The molecule has 0 heterocycles. The lowest BCUT2D eigenvalue weighted by molar-refractivity contribution is 0.374. The number of hydrogen-bond donors (Lipinski definition) is 0. The van der Waals surface area contributed by atoms with Crippen molar-refractivity contribution in [2.24, 2.45) is 17.3 Å². The summed E-state index contributed by atoms with van der Waals surface area (Å²) in [5, 5.41) is 0. The highest BCUT2D eigenvalue weighted by atomic mass is 14.6. The van der Waals surface area contributed by atoms with Crippen LogP contribution in [0.15, 0.2) is 0 Å². The maximum Gasteiger partial charge on any atom is -0.0241 e. The van der Waals surface area contributed by atoms with Crippen LogP contribution in [0.4, 0.5) is 0 Å². The molecule has 2 atom stereocenters. The summed E-state index contributed by atoms with van der Waals surface area (Å²) < 4.78 is 0. The minimum Gasteiger partial charge on any atom is -0.0651 e. The van der Waals surface area contributed by atoms with Crippen LogP contribution in [0, 0.1) is 17.3 Å². The van der Waals surface area contributed by atoms with E-state index in [9.17, 15) is 0 Å². The van der Waals surface area contributed by atoms with Crippen molar-refractivity contribution >= 4 is 0 Å². The predicted molar refractivity (Wildman–Crippen MR) is 43.8 cm³/mol. The van der Waals surface area contributed by atoms with Crippen molar-refractivity contribution in [3.05, 3.63) is 0 Å². The zero-order chi connectivity index (χ0) is 7.19. The average Bonchev–Trinajstić information content (AvgIpc) is 2.83. The molecule has 0 heteroatoms. The summed E-state index contributed by atoms with van der Waals surface area (Å²) in [6.07, 6.45) is 7.54. The van der Waals surface area contributed by atoms with E-state index in [1.165, 1.54) is 12.8 Å². The van der Waals surface area contributed by atoms with Crippen LogP contribution in [0.2, 0.25) is 0 Å². The summed E-state index contributed by atoms with van der Waals surface area (Å²) in [5.41, 5.74) is 0.870. The van der Waals surface area contributed by atoms with Gasteiger partial charge in [0, 0.05) is 0 Å². The van der Waals surface area contributed by atoms with Crippen molar-refractivity contribution in [2.75, 3.05) is 0 Å². The first-order valence-electron chi connectivity index (χ1n) is 4.83. The fourth-order valence-electron chi connectivity index (χ4n) is 2.83. The third kappa shape index (κ3) is 0.741. The molecule has 0 bridgehead atoms. The van der Waals surface area contributed by atoms with Gasteiger partial charge >= 0.3 is 0 Å². The molecular formula is C10H18. The van der Waals surface area contributed by atoms with E-state index in [1.54, 1.807) is 19.3 Å². The lowest BCUT2D eigenvalue weighted by Gasteiger charge is -2.12. The lowest BCUT2D eigenvalue weighted by atomic mass is 9.93. The molecule has 0 aromatic rings. The molecule has 0 nitrogen and oxygen atoms in total. The molecule has 2 aliphatic carbocycles. The summed E-state index contributed by atoms with van der Waals surface area (Å²) in [4.78, 5) is 0. The fourth-order valence-corrected chi connectivity index (χ4v) is 2.83. The predicted octanol–water partition coefficient (Wildman–Crippen LogP) is 3.22. The molecule has 2 saturated carbocycles. The van der Waals surface area contributed by atoms with Gasteiger partial charge in [-0.2, -0.15) is 0 Å². The quantitative estimate of drug-likeness (QED) is 0.561. The SMILES string of the molecule is CCC1CC1(CC)C1CC1. The zero-order valence-electron chi connectivity index (χ0n) is 7.19. The molecule has 10 heavy (non-hydrogen) atoms. The lowest BCUT2D eigenvalue weighted by Crippen LogP contribution is -2.04. The Morgan fingerprint density at radius 2 is 2.00 bits per heavy atom. The molecule has 0 amide bonds. The van der Waals surface area contributed by atoms with Crippen molar-refractivity contribution in [3.63, 3.8) is 0 Å². The molecule has 0 aromatic carbocycles. The van der Waals surface area contributed by atoms with Crippen LogP contribution in [-0.4, -0.2) is 0 Å². The van der Waals surface area contributed by atoms with Gasteiger partial charge in [0.15, 0.2) is 0 Å². The van der Waals surface area contributed by atoms with E-state index in [1.807, 2.05) is 0 Å². The molecule has 0 aromatic heterocycles. The number of rotatable bonds is 3. The van der Waals surface area contributed by atoms with E-state index in [-0.39, 0.29) is 0 Å². The maximum absolute atomic E-state index is 2.38. The third-order valence-electron chi connectivity index (χ3n) is 3.82. The summed E-state index contributed by atoms with van der Waals surface area (Å²) in [6.45, 7) is 4.73. The Kier molecular flexibility index (Phi) is 1.33. The monoisotopic (exact) mass is 138 g/mol. The maximum atomic E-state index is 2.38. The van der Waals surface area contributed by atoms with E-state index in [2.05, 4.69) is 13.8 Å². The van der Waals surface area contributed by atoms with Gasteiger partial charge < -0.3 is 0 Å². The minimum atomic E-state index is 0.870. The van der Waals surface area contributed by atoms with E-state index in [0.29, 0.717) is 0 Å². The Bertz CT molecular complexity index is 135. The van der Waals surface area contributed by atoms with Crippen LogP contribution >= 0.6 is 0 Å². The smallest absolute Gasteiger partial charge is 0.0241 e. The Morgan fingerprint density at radius 3 is 2.30 bits per heavy atom. The molecule has 2 rings (SSSR count). The van der Waals surface area contributed by atoms with E-state index >= 15 is 0 Å². The molecule has 0 spiro atoms. The summed E-state index contributed by atoms with van der Waals surface area (Å²) >= 11 is 0. The van der Waals surface area contributed by atoms with Gasteiger partial charge in [-0.3, -0.25) is 0 Å². The normalized spacial score (nSPS) is 45.6. The van der Waals surface area contributed by atoms with Crippen molar-refractivity contribution in [1.82, 2.24) is 0 Å². The molecule has 0 aliphatic heterocycles. The first-order chi connectivity index (χ1) is 4.83. The molecule has 58 valence electrons. The highest BCUT2D eigenvalue weighted by molar-refractivity contribution is 5.08. The highest BCUT2D eigenvalue weighted by Gasteiger charge is 2.59. The second-order valence-electron chi connectivity index (χ2n) is 4.17. The van der Waals surface area contributed by atoms with Gasteiger partial charge in [-0.05, 0) is 42.9 Å². The van der Waals surface area contributed by atoms with Gasteiger partial charge in [-0.25, -0.2) is 0 Å². The van der Waals surface area contributed by atoms with Gasteiger partial charge in [0.25, 0.3) is 0 Å². The van der Waals surface area contributed by atoms with Crippen LogP contribution in [0.5, 0.6) is 0 Å². The number of hydrogen-bond acceptors (Lipinski definition) is 0. The van der Waals surface area contributed by atoms with E-state index in [4.69, 9.17) is 0 Å². The third-order valence-corrected chi connectivity index (χ3v) is 3.82. The Labute approximate surface area is 64.0 Å². The van der Waals surface area contributed by atoms with Crippen LogP contribution in [0.25, 0.3) is 0 Å². The van der Waals surface area contributed by atoms with E-state index in [0.717, 1.165) is 17.3 Å². The Morgan fingerprint density at radius 1 is 1.30 bits per heavy atom. The van der Waals surface area contributed by atoms with Crippen LogP contribution in [0.1, 0.15) is 46.0 Å². The highest BCUT2D eigenvalue weighted by Crippen LogP contribution is 2.68. The Hall–Kier alpha value is 0. The van der Waals surface area contributed by atoms with Crippen molar-refractivity contribution in [2.45, 2.75) is 46.0 Å². The van der Waals surface area contributed by atoms with Crippen LogP contribution in [0.3, 0.4) is 0 Å². The second-order valence-corrected chi connectivity index (χ2v) is 4.17. The molecular weight excluding hydrogens is 120 g/mol. The molecule has 2 unspecified atom stereocenters. The van der Waals surface area contributed by atoms with Crippen molar-refractivity contribution < 1.29 is 0 Å². The molecule has 0 radical (unpaired) electrons. The van der Waals surface area contributed by atoms with Crippen LogP contribution < -0.4 is 0 Å². The van der Waals surface area contributed by atoms with Crippen molar-refractivity contribution in [1.29, 1.82) is 0 Å². The molecule has 2 fully saturated rings. The summed E-state index contributed by atoms with van der Waals surface area (Å²) in [6, 6.07) is 0. The first kappa shape index (κ1) is 6.69. The molecule has 0 N–H and O–H groups in total. The van der Waals surface area contributed by atoms with Crippen LogP contribution in [-0.2, 0) is 0 Å². The average molecular weight is 138 g/mol. The standard InChI is InChI=1S/C10H18/c1-3-8-7-10(8,4-2)9-5-6-9/h8-9H,3-7H2,1-2H3. The van der Waals surface area contributed by atoms with Gasteiger partial charge in [0.05, 0.1) is 0 Å². The van der Waals surface area contributed by atoms with Crippen molar-refractivity contribution in [3.8, 4) is 0 Å². The van der Waals surface area contributed by atoms with E-state index < -0.39 is 0 Å². The molecule has 2 aliphatic rings. The van der Waals surface area contributed by atoms with Gasteiger partial charge in [-0.1, -0.05) is 20.3 Å². The van der Waals surface area contributed by atoms with Gasteiger partial charge in [0.1, 0.15) is 0 Å². The first-order valence-corrected chi connectivity index (χ1v) is 4.83. The zero-order valence-corrected chi connectivity index (χ0v) is 7.19. The topological polar surface area (TPSA) is 0 Å². The minimum absolute atomic E-state index is 0.870. The Balaban J connectivity index is 1.98.